The Morgan fingerprint density at radius 3 is 2.62 bits per heavy atom. The van der Waals surface area contributed by atoms with Crippen molar-refractivity contribution >= 4 is 12.1 Å². The van der Waals surface area contributed by atoms with Gasteiger partial charge in [-0.15, -0.1) is 0 Å². The largest absolute Gasteiger partial charge is 0.481 e. The van der Waals surface area contributed by atoms with Gasteiger partial charge in [-0.25, -0.2) is 4.79 Å². The highest BCUT2D eigenvalue weighted by molar-refractivity contribution is 5.71. The van der Waals surface area contributed by atoms with Crippen LogP contribution in [-0.2, 0) is 14.3 Å². The number of methoxy groups -OCH3 is 1. The first kappa shape index (κ1) is 12.8. The SMILES string of the molecule is COC(=O)NC(CC(=O)O)C1CCOCC1. The molecule has 1 rings (SSSR count). The Balaban J connectivity index is 2.53. The number of amides is 1. The van der Waals surface area contributed by atoms with Crippen LogP contribution >= 0.6 is 0 Å². The van der Waals surface area contributed by atoms with E-state index in [9.17, 15) is 9.59 Å². The summed E-state index contributed by atoms with van der Waals surface area (Å²) in [5.41, 5.74) is 0. The molecule has 1 amide bonds. The third-order valence-electron chi connectivity index (χ3n) is 2.72. The van der Waals surface area contributed by atoms with Crippen molar-refractivity contribution in [1.29, 1.82) is 0 Å². The maximum atomic E-state index is 11.1. The fraction of sp³-hybridized carbons (Fsp3) is 0.800. The highest BCUT2D eigenvalue weighted by atomic mass is 16.5. The first-order valence-corrected chi connectivity index (χ1v) is 5.27. The minimum Gasteiger partial charge on any atom is -0.481 e. The number of ether oxygens (including phenoxy) is 2. The predicted octanol–water partition coefficient (Wildman–Crippen LogP) is 0.612. The highest BCUT2D eigenvalue weighted by Gasteiger charge is 2.27. The van der Waals surface area contributed by atoms with Gasteiger partial charge in [0, 0.05) is 19.3 Å². The molecule has 1 aliphatic rings. The van der Waals surface area contributed by atoms with Crippen molar-refractivity contribution in [3.05, 3.63) is 0 Å². The lowest BCUT2D eigenvalue weighted by atomic mass is 9.90. The third-order valence-corrected chi connectivity index (χ3v) is 2.72. The molecule has 1 fully saturated rings. The summed E-state index contributed by atoms with van der Waals surface area (Å²) in [5, 5.41) is 11.3. The summed E-state index contributed by atoms with van der Waals surface area (Å²) in [6, 6.07) is -0.381. The molecule has 0 bridgehead atoms. The van der Waals surface area contributed by atoms with E-state index in [0.717, 1.165) is 12.8 Å². The Bertz CT molecular complexity index is 250. The predicted molar refractivity (Wildman–Crippen MR) is 55.1 cm³/mol. The number of hydrogen-bond donors (Lipinski definition) is 2. The summed E-state index contributed by atoms with van der Waals surface area (Å²) in [6.45, 7) is 1.23. The van der Waals surface area contributed by atoms with Crippen LogP contribution in [0, 0.1) is 5.92 Å². The molecule has 16 heavy (non-hydrogen) atoms. The maximum absolute atomic E-state index is 11.1. The molecule has 6 nitrogen and oxygen atoms in total. The zero-order valence-electron chi connectivity index (χ0n) is 9.27. The minimum atomic E-state index is -0.923. The molecule has 1 unspecified atom stereocenters. The van der Waals surface area contributed by atoms with Gasteiger partial charge in [-0.1, -0.05) is 0 Å². The first-order valence-electron chi connectivity index (χ1n) is 5.27. The van der Waals surface area contributed by atoms with Gasteiger partial charge >= 0.3 is 12.1 Å². The zero-order chi connectivity index (χ0) is 12.0. The number of aliphatic carboxylic acids is 1. The van der Waals surface area contributed by atoms with E-state index in [2.05, 4.69) is 10.1 Å². The van der Waals surface area contributed by atoms with Gasteiger partial charge in [0.25, 0.3) is 0 Å². The second kappa shape index (κ2) is 6.32. The number of hydrogen-bond acceptors (Lipinski definition) is 4. The first-order chi connectivity index (χ1) is 7.63. The normalized spacial score (nSPS) is 18.8. The third kappa shape index (κ3) is 4.06. The van der Waals surface area contributed by atoms with Crippen LogP contribution in [0.3, 0.4) is 0 Å². The number of carbonyl (C=O) groups excluding carboxylic acids is 1. The van der Waals surface area contributed by atoms with E-state index in [-0.39, 0.29) is 18.4 Å². The number of rotatable bonds is 4. The molecule has 0 saturated carbocycles. The average Bonchev–Trinajstić information content (AvgIpc) is 2.28. The number of carboxylic acid groups (broad SMARTS) is 1. The number of nitrogens with one attached hydrogen (secondary N) is 1. The minimum absolute atomic E-state index is 0.0836. The monoisotopic (exact) mass is 231 g/mol. The Kier molecular flexibility index (Phi) is 5.04. The number of alkyl carbamates (subject to hydrolysis) is 1. The van der Waals surface area contributed by atoms with Crippen molar-refractivity contribution in [2.24, 2.45) is 5.92 Å². The fourth-order valence-electron chi connectivity index (χ4n) is 1.85. The summed E-state index contributed by atoms with van der Waals surface area (Å²) in [6.07, 6.45) is 0.863. The van der Waals surface area contributed by atoms with Crippen molar-refractivity contribution < 1.29 is 24.2 Å². The van der Waals surface area contributed by atoms with Crippen LogP contribution in [0.2, 0.25) is 0 Å². The molecule has 0 aromatic carbocycles. The van der Waals surface area contributed by atoms with Crippen LogP contribution in [0.1, 0.15) is 19.3 Å². The molecule has 0 radical (unpaired) electrons. The molecule has 1 aliphatic heterocycles. The van der Waals surface area contributed by atoms with Gasteiger partial charge in [-0.05, 0) is 18.8 Å². The van der Waals surface area contributed by atoms with Crippen molar-refractivity contribution in [2.75, 3.05) is 20.3 Å². The molecule has 2 N–H and O–H groups in total. The van der Waals surface area contributed by atoms with Gasteiger partial charge < -0.3 is 19.9 Å². The van der Waals surface area contributed by atoms with Crippen molar-refractivity contribution in [2.45, 2.75) is 25.3 Å². The van der Waals surface area contributed by atoms with Crippen LogP contribution < -0.4 is 5.32 Å². The van der Waals surface area contributed by atoms with Crippen molar-refractivity contribution in [1.82, 2.24) is 5.32 Å². The van der Waals surface area contributed by atoms with E-state index in [4.69, 9.17) is 9.84 Å². The van der Waals surface area contributed by atoms with E-state index in [0.29, 0.717) is 13.2 Å². The van der Waals surface area contributed by atoms with Gasteiger partial charge in [-0.3, -0.25) is 4.79 Å². The summed E-state index contributed by atoms with van der Waals surface area (Å²) >= 11 is 0. The van der Waals surface area contributed by atoms with E-state index >= 15 is 0 Å². The molecule has 6 heteroatoms. The molecule has 1 heterocycles. The van der Waals surface area contributed by atoms with E-state index < -0.39 is 12.1 Å². The lowest BCUT2D eigenvalue weighted by molar-refractivity contribution is -0.138. The number of carbonyl (C=O) groups is 2. The average molecular weight is 231 g/mol. The molecule has 0 spiro atoms. The van der Waals surface area contributed by atoms with Crippen LogP contribution in [0.5, 0.6) is 0 Å². The Morgan fingerprint density at radius 1 is 1.50 bits per heavy atom. The Morgan fingerprint density at radius 2 is 2.12 bits per heavy atom. The van der Waals surface area contributed by atoms with Crippen LogP contribution in [-0.4, -0.2) is 43.5 Å². The molecule has 92 valence electrons. The van der Waals surface area contributed by atoms with Gasteiger partial charge in [0.1, 0.15) is 0 Å². The van der Waals surface area contributed by atoms with Crippen LogP contribution in [0.4, 0.5) is 4.79 Å². The molecular formula is C10H17NO5. The topological polar surface area (TPSA) is 84.9 Å². The quantitative estimate of drug-likeness (QED) is 0.740. The van der Waals surface area contributed by atoms with Gasteiger partial charge in [0.15, 0.2) is 0 Å². The molecule has 0 aromatic rings. The smallest absolute Gasteiger partial charge is 0.407 e. The fourth-order valence-corrected chi connectivity index (χ4v) is 1.85. The van der Waals surface area contributed by atoms with Crippen molar-refractivity contribution in [3.63, 3.8) is 0 Å². The van der Waals surface area contributed by atoms with Gasteiger partial charge in [0.2, 0.25) is 0 Å². The zero-order valence-corrected chi connectivity index (χ0v) is 9.27. The summed E-state index contributed by atoms with van der Waals surface area (Å²) < 4.78 is 9.67. The maximum Gasteiger partial charge on any atom is 0.407 e. The highest BCUT2D eigenvalue weighted by Crippen LogP contribution is 2.21. The second-order valence-corrected chi connectivity index (χ2v) is 3.79. The van der Waals surface area contributed by atoms with Crippen LogP contribution in [0.15, 0.2) is 0 Å². The van der Waals surface area contributed by atoms with Crippen LogP contribution in [0.25, 0.3) is 0 Å². The number of carboxylic acids is 1. The lowest BCUT2D eigenvalue weighted by Crippen LogP contribution is -2.43. The Labute approximate surface area is 93.9 Å². The molecule has 0 aliphatic carbocycles. The molecule has 1 atom stereocenters. The summed E-state index contributed by atoms with van der Waals surface area (Å²) in [4.78, 5) is 21.8. The van der Waals surface area contributed by atoms with Gasteiger partial charge in [-0.2, -0.15) is 0 Å². The molecule has 1 saturated heterocycles. The van der Waals surface area contributed by atoms with E-state index in [1.165, 1.54) is 7.11 Å². The second-order valence-electron chi connectivity index (χ2n) is 3.79. The van der Waals surface area contributed by atoms with Gasteiger partial charge in [0.05, 0.1) is 13.5 Å². The summed E-state index contributed by atoms with van der Waals surface area (Å²) in [7, 11) is 1.26. The Hall–Kier alpha value is -1.30. The van der Waals surface area contributed by atoms with Crippen molar-refractivity contribution in [3.8, 4) is 0 Å². The summed E-state index contributed by atoms with van der Waals surface area (Å²) in [5.74, 6) is -0.781. The van der Waals surface area contributed by atoms with E-state index in [1.54, 1.807) is 0 Å². The lowest BCUT2D eigenvalue weighted by Gasteiger charge is -2.29. The standard InChI is InChI=1S/C10H17NO5/c1-15-10(14)11-8(6-9(12)13)7-2-4-16-5-3-7/h7-8H,2-6H2,1H3,(H,11,14)(H,12,13). The molecule has 0 aromatic heterocycles. The van der Waals surface area contributed by atoms with E-state index in [1.807, 2.05) is 0 Å². The molecular weight excluding hydrogens is 214 g/mol.